The van der Waals surface area contributed by atoms with Gasteiger partial charge in [-0.3, -0.25) is 9.79 Å². The van der Waals surface area contributed by atoms with Crippen LogP contribution in [-0.2, 0) is 4.79 Å². The molecule has 6 heteroatoms. The molecule has 1 aliphatic carbocycles. The van der Waals surface area contributed by atoms with Gasteiger partial charge in [0, 0.05) is 0 Å². The van der Waals surface area contributed by atoms with Gasteiger partial charge < -0.3 is 9.47 Å². The quantitative estimate of drug-likeness (QED) is 0.799. The largest absolute Gasteiger partial charge is 0.493 e. The Labute approximate surface area is 140 Å². The lowest BCUT2D eigenvalue weighted by Crippen LogP contribution is -2.44. The van der Waals surface area contributed by atoms with Crippen molar-refractivity contribution in [1.29, 1.82) is 0 Å². The molecule has 0 saturated heterocycles. The minimum Gasteiger partial charge on any atom is -0.493 e. The normalized spacial score (nSPS) is 22.5. The second-order valence-corrected chi connectivity index (χ2v) is 5.47. The molecule has 1 aromatic carbocycles. The molecule has 0 fully saturated rings. The van der Waals surface area contributed by atoms with E-state index in [4.69, 9.17) is 9.47 Å². The Balaban J connectivity index is 1.85. The van der Waals surface area contributed by atoms with Gasteiger partial charge in [0.05, 0.1) is 32.4 Å². The van der Waals surface area contributed by atoms with Crippen LogP contribution in [0.2, 0.25) is 0 Å². The second kappa shape index (κ2) is 6.70. The lowest BCUT2D eigenvalue weighted by molar-refractivity contribution is -0.131. The molecule has 1 heterocycles. The Morgan fingerprint density at radius 3 is 2.67 bits per heavy atom. The molecule has 124 valence electrons. The van der Waals surface area contributed by atoms with Gasteiger partial charge in [0.1, 0.15) is 5.84 Å². The molecule has 0 saturated carbocycles. The summed E-state index contributed by atoms with van der Waals surface area (Å²) in [6.45, 7) is 1.78. The zero-order valence-electron chi connectivity index (χ0n) is 13.8. The number of carbonyl (C=O) groups is 1. The van der Waals surface area contributed by atoms with E-state index in [2.05, 4.69) is 10.1 Å². The van der Waals surface area contributed by atoms with E-state index >= 15 is 0 Å². The van der Waals surface area contributed by atoms with E-state index in [1.165, 1.54) is 5.01 Å². The van der Waals surface area contributed by atoms with Crippen molar-refractivity contribution < 1.29 is 14.3 Å². The maximum absolute atomic E-state index is 12.6. The van der Waals surface area contributed by atoms with Gasteiger partial charge in [0.2, 0.25) is 0 Å². The first-order chi connectivity index (χ1) is 11.6. The van der Waals surface area contributed by atoms with Crippen LogP contribution in [0.15, 0.2) is 52.6 Å². The summed E-state index contributed by atoms with van der Waals surface area (Å²) >= 11 is 0. The Bertz CT molecular complexity index is 765. The highest BCUT2D eigenvalue weighted by atomic mass is 16.5. The Morgan fingerprint density at radius 2 is 1.92 bits per heavy atom. The average Bonchev–Trinajstić information content (AvgIpc) is 2.61. The molecule has 0 radical (unpaired) electrons. The molecule has 2 aliphatic rings. The topological polar surface area (TPSA) is 63.5 Å². The predicted molar refractivity (Wildman–Crippen MR) is 92.7 cm³/mol. The molecule has 2 atom stereocenters. The Kier molecular flexibility index (Phi) is 4.46. The van der Waals surface area contributed by atoms with E-state index < -0.39 is 0 Å². The number of hydrogen-bond donors (Lipinski definition) is 0. The van der Waals surface area contributed by atoms with Gasteiger partial charge in [-0.2, -0.15) is 10.1 Å². The minimum absolute atomic E-state index is 0.0789. The number of fused-ring (bicyclic) bond motifs is 1. The molecule has 0 spiro atoms. The third-order valence-electron chi connectivity index (χ3n) is 3.97. The lowest BCUT2D eigenvalue weighted by atomic mass is 9.93. The number of amides is 1. The molecule has 6 nitrogen and oxygen atoms in total. The van der Waals surface area contributed by atoms with Crippen LogP contribution < -0.4 is 9.47 Å². The van der Waals surface area contributed by atoms with Crippen molar-refractivity contribution in [2.75, 3.05) is 14.2 Å². The Hall–Kier alpha value is -2.89. The van der Waals surface area contributed by atoms with Crippen molar-refractivity contribution >= 4 is 18.0 Å². The molecule has 1 aromatic rings. The summed E-state index contributed by atoms with van der Waals surface area (Å²) in [5.41, 5.74) is 0.800. The first-order valence-corrected chi connectivity index (χ1v) is 7.63. The number of rotatable bonds is 4. The fraction of sp³-hybridized carbons (Fsp3) is 0.278. The van der Waals surface area contributed by atoms with Crippen LogP contribution in [0, 0.1) is 5.92 Å². The highest BCUT2D eigenvalue weighted by Gasteiger charge is 2.35. The Morgan fingerprint density at radius 1 is 1.17 bits per heavy atom. The number of benzene rings is 1. The van der Waals surface area contributed by atoms with Crippen LogP contribution in [0.1, 0.15) is 12.5 Å². The number of methoxy groups -OCH3 is 2. The predicted octanol–water partition coefficient (Wildman–Crippen LogP) is 2.41. The number of hydrazone groups is 1. The molecule has 0 bridgehead atoms. The lowest BCUT2D eigenvalue weighted by Gasteiger charge is -2.30. The third kappa shape index (κ3) is 2.95. The summed E-state index contributed by atoms with van der Waals surface area (Å²) in [5.74, 6) is 1.46. The maximum atomic E-state index is 12.6. The van der Waals surface area contributed by atoms with E-state index in [9.17, 15) is 4.79 Å². The smallest absolute Gasteiger partial charge is 0.257 e. The zero-order chi connectivity index (χ0) is 17.1. The van der Waals surface area contributed by atoms with Crippen molar-refractivity contribution in [1.82, 2.24) is 5.01 Å². The number of aliphatic imine (C=N–C) groups is 1. The molecule has 1 aliphatic heterocycles. The van der Waals surface area contributed by atoms with Crippen molar-refractivity contribution in [2.24, 2.45) is 16.0 Å². The van der Waals surface area contributed by atoms with Crippen LogP contribution in [0.4, 0.5) is 0 Å². The fourth-order valence-corrected chi connectivity index (χ4v) is 2.72. The van der Waals surface area contributed by atoms with Crippen LogP contribution >= 0.6 is 0 Å². The summed E-state index contributed by atoms with van der Waals surface area (Å²) in [7, 11) is 3.16. The SMILES string of the molecule is COc1ccc(/C=N/N2C(=O)C3C=CC=CC3N=C2C)cc1OC. The zero-order valence-corrected chi connectivity index (χ0v) is 13.8. The number of ether oxygens (including phenoxy) is 2. The fourth-order valence-electron chi connectivity index (χ4n) is 2.72. The molecule has 0 N–H and O–H groups in total. The summed E-state index contributed by atoms with van der Waals surface area (Å²) in [6, 6.07) is 5.31. The molecule has 3 rings (SSSR count). The minimum atomic E-state index is -0.291. The van der Waals surface area contributed by atoms with E-state index in [1.54, 1.807) is 39.5 Å². The van der Waals surface area contributed by atoms with E-state index in [0.29, 0.717) is 17.3 Å². The van der Waals surface area contributed by atoms with E-state index in [1.807, 2.05) is 30.4 Å². The average molecular weight is 325 g/mol. The van der Waals surface area contributed by atoms with Gasteiger partial charge in [-0.05, 0) is 30.7 Å². The first kappa shape index (κ1) is 16.0. The summed E-state index contributed by atoms with van der Waals surface area (Å²) in [6.07, 6.45) is 9.18. The van der Waals surface area contributed by atoms with Crippen molar-refractivity contribution in [2.45, 2.75) is 13.0 Å². The highest BCUT2D eigenvalue weighted by molar-refractivity contribution is 6.02. The van der Waals surface area contributed by atoms with Gasteiger partial charge in [0.15, 0.2) is 11.5 Å². The van der Waals surface area contributed by atoms with E-state index in [0.717, 1.165) is 5.56 Å². The van der Waals surface area contributed by atoms with Gasteiger partial charge in [0.25, 0.3) is 5.91 Å². The molecular weight excluding hydrogens is 306 g/mol. The summed E-state index contributed by atoms with van der Waals surface area (Å²) in [4.78, 5) is 17.2. The number of amidine groups is 1. The van der Waals surface area contributed by atoms with Gasteiger partial charge in [-0.25, -0.2) is 0 Å². The monoisotopic (exact) mass is 325 g/mol. The van der Waals surface area contributed by atoms with Crippen molar-refractivity contribution in [3.8, 4) is 11.5 Å². The van der Waals surface area contributed by atoms with Crippen molar-refractivity contribution in [3.63, 3.8) is 0 Å². The van der Waals surface area contributed by atoms with Gasteiger partial charge in [-0.15, -0.1) is 0 Å². The summed E-state index contributed by atoms with van der Waals surface area (Å²) in [5, 5.41) is 5.66. The van der Waals surface area contributed by atoms with Crippen molar-refractivity contribution in [3.05, 3.63) is 48.1 Å². The molecule has 0 aromatic heterocycles. The molecule has 2 unspecified atom stereocenters. The van der Waals surface area contributed by atoms with E-state index in [-0.39, 0.29) is 17.9 Å². The highest BCUT2D eigenvalue weighted by Crippen LogP contribution is 2.27. The molecule has 1 amide bonds. The molecular formula is C18H19N3O3. The number of allylic oxidation sites excluding steroid dienone is 2. The van der Waals surface area contributed by atoms with Gasteiger partial charge >= 0.3 is 0 Å². The number of nitrogens with zero attached hydrogens (tertiary/aromatic N) is 3. The summed E-state index contributed by atoms with van der Waals surface area (Å²) < 4.78 is 10.5. The number of carbonyl (C=O) groups excluding carboxylic acids is 1. The van der Waals surface area contributed by atoms with Gasteiger partial charge in [-0.1, -0.05) is 24.3 Å². The van der Waals surface area contributed by atoms with Crippen LogP contribution in [0.3, 0.4) is 0 Å². The standard InChI is InChI=1S/C18H19N3O3/c1-12-20-15-7-5-4-6-14(15)18(22)21(12)19-11-13-8-9-16(23-2)17(10-13)24-3/h4-11,14-15H,1-3H3/b19-11+. The number of hydrogen-bond acceptors (Lipinski definition) is 5. The second-order valence-electron chi connectivity index (χ2n) is 5.47. The van der Waals surface area contributed by atoms with Crippen LogP contribution in [0.25, 0.3) is 0 Å². The maximum Gasteiger partial charge on any atom is 0.257 e. The van der Waals surface area contributed by atoms with Crippen LogP contribution in [-0.4, -0.2) is 43.2 Å². The molecule has 24 heavy (non-hydrogen) atoms. The first-order valence-electron chi connectivity index (χ1n) is 7.63. The third-order valence-corrected chi connectivity index (χ3v) is 3.97. The van der Waals surface area contributed by atoms with Crippen LogP contribution in [0.5, 0.6) is 11.5 Å².